The van der Waals surface area contributed by atoms with Crippen LogP contribution in [0.3, 0.4) is 0 Å². The molecule has 1 aromatic carbocycles. The molecule has 0 spiro atoms. The van der Waals surface area contributed by atoms with Gasteiger partial charge < -0.3 is 20.8 Å². The minimum atomic E-state index is -0.924. The number of nitrogens with one attached hydrogen (secondary N) is 2. The van der Waals surface area contributed by atoms with Gasteiger partial charge >= 0.3 is 0 Å². The summed E-state index contributed by atoms with van der Waals surface area (Å²) in [5, 5.41) is 24.0. The van der Waals surface area contributed by atoms with Gasteiger partial charge in [0, 0.05) is 24.9 Å². The molecule has 1 rings (SSSR count). The number of carbonyl (C=O) groups excluding carboxylic acids is 1. The number of hydrogen-bond donors (Lipinski definition) is 4. The zero-order valence-corrected chi connectivity index (χ0v) is 20.9. The zero-order chi connectivity index (χ0) is 24.0. The number of benzene rings is 1. The maximum Gasteiger partial charge on any atom is 0.244 e. The second-order valence-electron chi connectivity index (χ2n) is 9.06. The van der Waals surface area contributed by atoms with Crippen molar-refractivity contribution >= 4 is 17.7 Å². The van der Waals surface area contributed by atoms with Crippen molar-refractivity contribution in [1.29, 1.82) is 0 Å². The summed E-state index contributed by atoms with van der Waals surface area (Å²) < 4.78 is 0. The molecule has 0 heterocycles. The molecule has 4 N–H and O–H groups in total. The topological polar surface area (TPSA) is 81.6 Å². The molecule has 188 valence electrons. The second kappa shape index (κ2) is 20.7. The van der Waals surface area contributed by atoms with Crippen LogP contribution < -0.4 is 10.6 Å². The monoisotopic (exact) mass is 460 g/mol. The lowest BCUT2D eigenvalue weighted by atomic mass is 10.0. The summed E-state index contributed by atoms with van der Waals surface area (Å²) >= 11 is 0. The van der Waals surface area contributed by atoms with Crippen LogP contribution in [0.4, 0.5) is 5.69 Å². The van der Waals surface area contributed by atoms with Crippen molar-refractivity contribution in [3.05, 3.63) is 35.9 Å². The Morgan fingerprint density at radius 1 is 0.848 bits per heavy atom. The van der Waals surface area contributed by atoms with E-state index in [-0.39, 0.29) is 19.1 Å². The van der Waals surface area contributed by atoms with E-state index in [1.807, 2.05) is 24.3 Å². The highest BCUT2D eigenvalue weighted by atomic mass is 16.3. The average molecular weight is 461 g/mol. The van der Waals surface area contributed by atoms with Crippen LogP contribution in [0, 0.1) is 0 Å². The smallest absolute Gasteiger partial charge is 0.244 e. The summed E-state index contributed by atoms with van der Waals surface area (Å²) in [5.41, 5.74) is 2.03. The van der Waals surface area contributed by atoms with E-state index in [1.165, 1.54) is 96.0 Å². The van der Waals surface area contributed by atoms with E-state index in [1.54, 1.807) is 6.08 Å². The fourth-order valence-electron chi connectivity index (χ4n) is 3.78. The molecular weight excluding hydrogens is 412 g/mol. The fourth-order valence-corrected chi connectivity index (χ4v) is 3.78. The van der Waals surface area contributed by atoms with E-state index in [2.05, 4.69) is 17.6 Å². The average Bonchev–Trinajstić information content (AvgIpc) is 2.84. The number of rotatable bonds is 21. The van der Waals surface area contributed by atoms with Gasteiger partial charge in [0.05, 0.1) is 12.7 Å². The molecule has 0 aliphatic rings. The Morgan fingerprint density at radius 2 is 1.36 bits per heavy atom. The molecule has 0 saturated heterocycles. The molecule has 5 heteroatoms. The van der Waals surface area contributed by atoms with Crippen LogP contribution in [0.25, 0.3) is 6.08 Å². The molecule has 0 aliphatic carbocycles. The summed E-state index contributed by atoms with van der Waals surface area (Å²) in [7, 11) is 0. The van der Waals surface area contributed by atoms with Gasteiger partial charge in [0.25, 0.3) is 0 Å². The molecular formula is C28H48N2O3. The largest absolute Gasteiger partial charge is 0.394 e. The Hall–Kier alpha value is -1.85. The number of amides is 1. The Labute approximate surface area is 202 Å². The molecule has 0 aromatic heterocycles. The lowest BCUT2D eigenvalue weighted by Gasteiger charge is -2.07. The first kappa shape index (κ1) is 29.2. The standard InChI is InChI=1S/C28H48N2O3/c1-2-3-4-5-6-7-8-9-10-11-12-13-14-15-22-29-26-19-16-25(17-20-26)18-21-28(33)30-23-27(32)24-31/h16-21,27,29,31-32H,2-15,22-24H2,1H3,(H,30,33). The normalized spacial score (nSPS) is 12.2. The van der Waals surface area contributed by atoms with Crippen LogP contribution in [-0.2, 0) is 4.79 Å². The highest BCUT2D eigenvalue weighted by Gasteiger charge is 2.02. The number of aliphatic hydroxyl groups excluding tert-OH is 2. The van der Waals surface area contributed by atoms with E-state index < -0.39 is 6.10 Å². The summed E-state index contributed by atoms with van der Waals surface area (Å²) in [6.45, 7) is 2.95. The van der Waals surface area contributed by atoms with Gasteiger partial charge in [0.1, 0.15) is 0 Å². The SMILES string of the molecule is CCCCCCCCCCCCCCCCNc1ccc(C=CC(=O)NCC(O)CO)cc1. The number of carbonyl (C=O) groups is 1. The molecule has 1 atom stereocenters. The third kappa shape index (κ3) is 17.3. The van der Waals surface area contributed by atoms with Crippen molar-refractivity contribution in [2.75, 3.05) is 25.0 Å². The van der Waals surface area contributed by atoms with Gasteiger partial charge in [-0.25, -0.2) is 0 Å². The molecule has 0 saturated carbocycles. The zero-order valence-electron chi connectivity index (χ0n) is 20.9. The third-order valence-electron chi connectivity index (χ3n) is 5.92. The fraction of sp³-hybridized carbons (Fsp3) is 0.679. The molecule has 0 radical (unpaired) electrons. The van der Waals surface area contributed by atoms with Crippen LogP contribution in [-0.4, -0.2) is 41.9 Å². The van der Waals surface area contributed by atoms with Gasteiger partial charge in [-0.1, -0.05) is 103 Å². The van der Waals surface area contributed by atoms with Crippen LogP contribution >= 0.6 is 0 Å². The van der Waals surface area contributed by atoms with Crippen LogP contribution in [0.5, 0.6) is 0 Å². The van der Waals surface area contributed by atoms with Gasteiger partial charge in [0.2, 0.25) is 5.91 Å². The minimum Gasteiger partial charge on any atom is -0.394 e. The van der Waals surface area contributed by atoms with Gasteiger partial charge in [-0.05, 0) is 30.2 Å². The van der Waals surface area contributed by atoms with Crippen LogP contribution in [0.1, 0.15) is 102 Å². The molecule has 1 aromatic rings. The molecule has 0 bridgehead atoms. The quantitative estimate of drug-likeness (QED) is 0.133. The summed E-state index contributed by atoms with van der Waals surface area (Å²) in [4.78, 5) is 11.7. The van der Waals surface area contributed by atoms with Crippen molar-refractivity contribution < 1.29 is 15.0 Å². The Kier molecular flexibility index (Phi) is 18.3. The number of anilines is 1. The predicted octanol–water partition coefficient (Wildman–Crippen LogP) is 6.06. The van der Waals surface area contributed by atoms with E-state index in [9.17, 15) is 9.90 Å². The number of unbranched alkanes of at least 4 members (excludes halogenated alkanes) is 13. The van der Waals surface area contributed by atoms with Crippen molar-refractivity contribution in [3.8, 4) is 0 Å². The van der Waals surface area contributed by atoms with Crippen LogP contribution in [0.2, 0.25) is 0 Å². The molecule has 1 unspecified atom stereocenters. The van der Waals surface area contributed by atoms with Gasteiger partial charge in [-0.15, -0.1) is 0 Å². The Bertz CT molecular complexity index is 616. The first-order chi connectivity index (χ1) is 16.2. The second-order valence-corrected chi connectivity index (χ2v) is 9.06. The third-order valence-corrected chi connectivity index (χ3v) is 5.92. The van der Waals surface area contributed by atoms with E-state index in [0.717, 1.165) is 17.8 Å². The Morgan fingerprint density at radius 3 is 1.88 bits per heavy atom. The molecule has 1 amide bonds. The van der Waals surface area contributed by atoms with Crippen molar-refractivity contribution in [2.45, 2.75) is 103 Å². The molecule has 5 nitrogen and oxygen atoms in total. The van der Waals surface area contributed by atoms with E-state index >= 15 is 0 Å². The van der Waals surface area contributed by atoms with Crippen molar-refractivity contribution in [1.82, 2.24) is 5.32 Å². The molecule has 0 fully saturated rings. The minimum absolute atomic E-state index is 0.0434. The van der Waals surface area contributed by atoms with E-state index in [4.69, 9.17) is 5.11 Å². The maximum atomic E-state index is 11.7. The first-order valence-corrected chi connectivity index (χ1v) is 13.2. The van der Waals surface area contributed by atoms with Gasteiger partial charge in [-0.3, -0.25) is 4.79 Å². The summed E-state index contributed by atoms with van der Waals surface area (Å²) in [6, 6.07) is 7.99. The maximum absolute atomic E-state index is 11.7. The summed E-state index contributed by atoms with van der Waals surface area (Å²) in [6.07, 6.45) is 21.5. The predicted molar refractivity (Wildman–Crippen MR) is 140 cm³/mol. The lowest BCUT2D eigenvalue weighted by molar-refractivity contribution is -0.117. The Balaban J connectivity index is 1.98. The lowest BCUT2D eigenvalue weighted by Crippen LogP contribution is -2.32. The van der Waals surface area contributed by atoms with Crippen molar-refractivity contribution in [3.63, 3.8) is 0 Å². The van der Waals surface area contributed by atoms with Gasteiger partial charge in [-0.2, -0.15) is 0 Å². The molecule has 33 heavy (non-hydrogen) atoms. The highest BCUT2D eigenvalue weighted by molar-refractivity contribution is 5.91. The van der Waals surface area contributed by atoms with E-state index in [0.29, 0.717) is 0 Å². The van der Waals surface area contributed by atoms with Gasteiger partial charge in [0.15, 0.2) is 0 Å². The molecule has 0 aliphatic heterocycles. The van der Waals surface area contributed by atoms with Crippen molar-refractivity contribution in [2.24, 2.45) is 0 Å². The number of aliphatic hydroxyl groups is 2. The number of hydrogen-bond acceptors (Lipinski definition) is 4. The highest BCUT2D eigenvalue weighted by Crippen LogP contribution is 2.14. The van der Waals surface area contributed by atoms with Crippen LogP contribution in [0.15, 0.2) is 30.3 Å². The first-order valence-electron chi connectivity index (χ1n) is 13.2. The summed E-state index contributed by atoms with van der Waals surface area (Å²) in [5.74, 6) is -0.289.